The maximum absolute atomic E-state index is 11.7. The second-order valence-corrected chi connectivity index (χ2v) is 5.83. The normalized spacial score (nSPS) is 11.0. The number of ether oxygens (including phenoxy) is 1. The molecule has 0 aliphatic rings. The van der Waals surface area contributed by atoms with E-state index in [1.807, 2.05) is 20.8 Å². The van der Waals surface area contributed by atoms with E-state index < -0.39 is 0 Å². The number of carbonyl (C=O) groups excluding carboxylic acids is 1. The minimum absolute atomic E-state index is 0.283. The van der Waals surface area contributed by atoms with Gasteiger partial charge in [-0.2, -0.15) is 5.26 Å². The molecule has 0 fully saturated rings. The Labute approximate surface area is 129 Å². The van der Waals surface area contributed by atoms with Crippen molar-refractivity contribution in [2.75, 3.05) is 6.61 Å². The zero-order valence-electron chi connectivity index (χ0n) is 13.1. The summed E-state index contributed by atoms with van der Waals surface area (Å²) in [5.74, 6) is -0.360. The van der Waals surface area contributed by atoms with Gasteiger partial charge in [0.1, 0.15) is 6.07 Å². The van der Waals surface area contributed by atoms with Gasteiger partial charge in [0.25, 0.3) is 0 Å². The van der Waals surface area contributed by atoms with Gasteiger partial charge in [0.2, 0.25) is 0 Å². The summed E-state index contributed by atoms with van der Waals surface area (Å²) in [4.78, 5) is 11.7. The van der Waals surface area contributed by atoms with Crippen molar-refractivity contribution in [3.8, 4) is 11.8 Å². The van der Waals surface area contributed by atoms with Crippen molar-refractivity contribution in [1.29, 1.82) is 5.26 Å². The number of nitrogens with zero attached hydrogens (tertiary/aromatic N) is 4. The quantitative estimate of drug-likeness (QED) is 0.814. The van der Waals surface area contributed by atoms with Gasteiger partial charge in [0, 0.05) is 5.41 Å². The molecule has 6 heteroatoms. The van der Waals surface area contributed by atoms with Crippen molar-refractivity contribution in [2.45, 2.75) is 33.1 Å². The Balaban J connectivity index is 2.44. The van der Waals surface area contributed by atoms with E-state index >= 15 is 0 Å². The van der Waals surface area contributed by atoms with E-state index in [2.05, 4.69) is 16.4 Å². The molecule has 2 aromatic rings. The minimum Gasteiger partial charge on any atom is -0.462 e. The fourth-order valence-electron chi connectivity index (χ4n) is 2.16. The first-order chi connectivity index (χ1) is 10.4. The number of carbonyl (C=O) groups is 1. The Morgan fingerprint density at radius 3 is 2.45 bits per heavy atom. The summed E-state index contributed by atoms with van der Waals surface area (Å²) in [6.45, 7) is 8.09. The highest BCUT2D eigenvalue weighted by Gasteiger charge is 2.26. The summed E-state index contributed by atoms with van der Waals surface area (Å²) >= 11 is 0. The molecule has 0 saturated heterocycles. The molecule has 0 radical (unpaired) electrons. The second-order valence-electron chi connectivity index (χ2n) is 5.83. The molecule has 0 bridgehead atoms. The second kappa shape index (κ2) is 5.98. The van der Waals surface area contributed by atoms with Crippen LogP contribution in [-0.4, -0.2) is 27.6 Å². The molecule has 1 heterocycles. The van der Waals surface area contributed by atoms with E-state index in [9.17, 15) is 10.1 Å². The van der Waals surface area contributed by atoms with E-state index in [1.54, 1.807) is 35.9 Å². The molecule has 0 spiro atoms. The van der Waals surface area contributed by atoms with Crippen LogP contribution in [0.1, 0.15) is 49.4 Å². The minimum atomic E-state index is -0.360. The summed E-state index contributed by atoms with van der Waals surface area (Å²) in [6, 6.07) is 8.94. The predicted molar refractivity (Wildman–Crippen MR) is 80.7 cm³/mol. The van der Waals surface area contributed by atoms with Gasteiger partial charge < -0.3 is 4.74 Å². The monoisotopic (exact) mass is 298 g/mol. The van der Waals surface area contributed by atoms with Crippen molar-refractivity contribution >= 4 is 5.97 Å². The number of esters is 1. The molecule has 1 aromatic carbocycles. The molecule has 0 aliphatic carbocycles. The first-order valence-corrected chi connectivity index (χ1v) is 7.02. The molecule has 0 N–H and O–H groups in total. The Morgan fingerprint density at radius 1 is 1.32 bits per heavy atom. The molecule has 6 nitrogen and oxygen atoms in total. The van der Waals surface area contributed by atoms with Crippen LogP contribution < -0.4 is 0 Å². The molecule has 0 atom stereocenters. The standard InChI is InChI=1S/C16H18N4O2/c1-5-22-15(21)11-6-8-12(9-7-11)20-14(16(2,3)4)13(10-17)18-19-20/h6-9H,5H2,1-4H3. The molecule has 0 unspecified atom stereocenters. The molecule has 0 saturated carbocycles. The van der Waals surface area contributed by atoms with Crippen molar-refractivity contribution in [2.24, 2.45) is 0 Å². The van der Waals surface area contributed by atoms with Crippen LogP contribution in [0.25, 0.3) is 5.69 Å². The predicted octanol–water partition coefficient (Wildman–Crippen LogP) is 2.61. The zero-order valence-corrected chi connectivity index (χ0v) is 13.1. The lowest BCUT2D eigenvalue weighted by molar-refractivity contribution is 0.0526. The van der Waals surface area contributed by atoms with Gasteiger partial charge in [0.15, 0.2) is 5.69 Å². The Bertz CT molecular complexity index is 718. The van der Waals surface area contributed by atoms with Gasteiger partial charge in [-0.25, -0.2) is 9.48 Å². The van der Waals surface area contributed by atoms with Crippen molar-refractivity contribution < 1.29 is 9.53 Å². The third-order valence-corrected chi connectivity index (χ3v) is 3.11. The lowest BCUT2D eigenvalue weighted by atomic mass is 9.90. The number of nitriles is 1. The molecular weight excluding hydrogens is 280 g/mol. The van der Waals surface area contributed by atoms with Gasteiger partial charge in [-0.3, -0.25) is 0 Å². The van der Waals surface area contributed by atoms with Crippen LogP contribution in [-0.2, 0) is 10.2 Å². The summed E-state index contributed by atoms with van der Waals surface area (Å²) in [5.41, 5.74) is 1.98. The fraction of sp³-hybridized carbons (Fsp3) is 0.375. The number of hydrogen-bond donors (Lipinski definition) is 0. The molecule has 22 heavy (non-hydrogen) atoms. The van der Waals surface area contributed by atoms with Crippen LogP contribution in [0.3, 0.4) is 0 Å². The first-order valence-electron chi connectivity index (χ1n) is 7.02. The SMILES string of the molecule is CCOC(=O)c1ccc(-n2nnc(C#N)c2C(C)(C)C)cc1. The molecule has 0 amide bonds. The van der Waals surface area contributed by atoms with E-state index in [4.69, 9.17) is 4.74 Å². The average molecular weight is 298 g/mol. The Kier molecular flexibility index (Phi) is 4.27. The fourth-order valence-corrected chi connectivity index (χ4v) is 2.16. The van der Waals surface area contributed by atoms with Crippen LogP contribution >= 0.6 is 0 Å². The van der Waals surface area contributed by atoms with Crippen molar-refractivity contribution in [3.63, 3.8) is 0 Å². The molecule has 0 aliphatic heterocycles. The van der Waals surface area contributed by atoms with Gasteiger partial charge in [-0.1, -0.05) is 26.0 Å². The van der Waals surface area contributed by atoms with Crippen LogP contribution in [0, 0.1) is 11.3 Å². The highest BCUT2D eigenvalue weighted by molar-refractivity contribution is 5.89. The largest absolute Gasteiger partial charge is 0.462 e. The maximum atomic E-state index is 11.7. The number of aromatic nitrogens is 3. The van der Waals surface area contributed by atoms with Crippen LogP contribution in [0.15, 0.2) is 24.3 Å². The summed E-state index contributed by atoms with van der Waals surface area (Å²) in [5, 5.41) is 17.2. The summed E-state index contributed by atoms with van der Waals surface area (Å²) < 4.78 is 6.59. The molecular formula is C16H18N4O2. The van der Waals surface area contributed by atoms with Gasteiger partial charge >= 0.3 is 5.97 Å². The van der Waals surface area contributed by atoms with Gasteiger partial charge in [-0.15, -0.1) is 5.10 Å². The zero-order chi connectivity index (χ0) is 16.3. The topological polar surface area (TPSA) is 80.8 Å². The summed E-state index contributed by atoms with van der Waals surface area (Å²) in [7, 11) is 0. The number of rotatable bonds is 3. The average Bonchev–Trinajstić information content (AvgIpc) is 2.91. The highest BCUT2D eigenvalue weighted by atomic mass is 16.5. The lowest BCUT2D eigenvalue weighted by Gasteiger charge is -2.19. The van der Waals surface area contributed by atoms with Crippen LogP contribution in [0.2, 0.25) is 0 Å². The highest BCUT2D eigenvalue weighted by Crippen LogP contribution is 2.26. The Hall–Kier alpha value is -2.68. The van der Waals surface area contributed by atoms with E-state index in [0.29, 0.717) is 17.9 Å². The van der Waals surface area contributed by atoms with Crippen molar-refractivity contribution in [3.05, 3.63) is 41.2 Å². The van der Waals surface area contributed by atoms with Crippen molar-refractivity contribution in [1.82, 2.24) is 15.0 Å². The number of benzene rings is 1. The number of hydrogen-bond acceptors (Lipinski definition) is 5. The molecule has 1 aromatic heterocycles. The van der Waals surface area contributed by atoms with Gasteiger partial charge in [0.05, 0.1) is 23.6 Å². The van der Waals surface area contributed by atoms with E-state index in [0.717, 1.165) is 11.4 Å². The molecule has 114 valence electrons. The summed E-state index contributed by atoms with van der Waals surface area (Å²) in [6.07, 6.45) is 0. The third kappa shape index (κ3) is 2.98. The van der Waals surface area contributed by atoms with E-state index in [-0.39, 0.29) is 11.4 Å². The maximum Gasteiger partial charge on any atom is 0.338 e. The van der Waals surface area contributed by atoms with E-state index in [1.165, 1.54) is 0 Å². The van der Waals surface area contributed by atoms with Gasteiger partial charge in [-0.05, 0) is 31.2 Å². The smallest absolute Gasteiger partial charge is 0.338 e. The van der Waals surface area contributed by atoms with Crippen LogP contribution in [0.4, 0.5) is 0 Å². The Morgan fingerprint density at radius 2 is 1.95 bits per heavy atom. The first kappa shape index (κ1) is 15.7. The lowest BCUT2D eigenvalue weighted by Crippen LogP contribution is -2.19. The molecule has 2 rings (SSSR count). The third-order valence-electron chi connectivity index (χ3n) is 3.11. The van der Waals surface area contributed by atoms with Crippen LogP contribution in [0.5, 0.6) is 0 Å².